The average molecular weight is 380 g/mol. The van der Waals surface area contributed by atoms with E-state index in [0.29, 0.717) is 27.8 Å². The average Bonchev–Trinajstić information content (AvgIpc) is 2.68. The van der Waals surface area contributed by atoms with Crippen molar-refractivity contribution in [3.63, 3.8) is 0 Å². The van der Waals surface area contributed by atoms with Crippen LogP contribution in [-0.2, 0) is 0 Å². The molecule has 2 aromatic carbocycles. The molecule has 5 nitrogen and oxygen atoms in total. The number of allylic oxidation sites excluding steroid dienone is 1. The van der Waals surface area contributed by atoms with E-state index in [0.717, 1.165) is 11.3 Å². The molecule has 0 saturated carbocycles. The number of aromatic nitrogens is 1. The van der Waals surface area contributed by atoms with E-state index in [9.17, 15) is 4.79 Å². The highest BCUT2D eigenvalue weighted by Crippen LogP contribution is 2.24. The minimum absolute atomic E-state index is 0.172. The fourth-order valence-electron chi connectivity index (χ4n) is 2.49. The van der Waals surface area contributed by atoms with Crippen molar-refractivity contribution in [3.05, 3.63) is 83.0 Å². The van der Waals surface area contributed by atoms with Crippen LogP contribution < -0.4 is 15.8 Å². The summed E-state index contributed by atoms with van der Waals surface area (Å²) in [6, 6.07) is 16.0. The lowest BCUT2D eigenvalue weighted by Gasteiger charge is -2.09. The van der Waals surface area contributed by atoms with Gasteiger partial charge in [0.15, 0.2) is 5.78 Å². The Morgan fingerprint density at radius 2 is 1.96 bits per heavy atom. The van der Waals surface area contributed by atoms with Crippen LogP contribution in [0, 0.1) is 0 Å². The first kappa shape index (κ1) is 18.5. The van der Waals surface area contributed by atoms with Gasteiger partial charge in [-0.05, 0) is 60.2 Å². The van der Waals surface area contributed by atoms with Gasteiger partial charge in [-0.2, -0.15) is 0 Å². The molecule has 3 N–H and O–H groups in total. The van der Waals surface area contributed by atoms with E-state index < -0.39 is 0 Å². The number of carbonyl (C=O) groups is 1. The Bertz CT molecular complexity index is 985. The summed E-state index contributed by atoms with van der Waals surface area (Å²) in [4.78, 5) is 16.9. The SMILES string of the molecule is COc1ccc(C=CC(=O)c2cccnc2Nc2ccc(Cl)cc2)cc1N. The molecule has 3 rings (SSSR count). The van der Waals surface area contributed by atoms with Crippen LogP contribution in [0.1, 0.15) is 15.9 Å². The maximum atomic E-state index is 12.6. The summed E-state index contributed by atoms with van der Waals surface area (Å²) in [6.07, 6.45) is 4.82. The highest BCUT2D eigenvalue weighted by molar-refractivity contribution is 6.30. The van der Waals surface area contributed by atoms with E-state index in [2.05, 4.69) is 10.3 Å². The third-order valence-electron chi connectivity index (χ3n) is 3.86. The lowest BCUT2D eigenvalue weighted by Crippen LogP contribution is -2.03. The number of nitrogens with one attached hydrogen (secondary N) is 1. The molecule has 0 aliphatic heterocycles. The molecule has 1 aromatic heterocycles. The Kier molecular flexibility index (Phi) is 5.74. The van der Waals surface area contributed by atoms with Crippen molar-refractivity contribution in [2.75, 3.05) is 18.2 Å². The molecule has 0 bridgehead atoms. The monoisotopic (exact) mass is 379 g/mol. The summed E-state index contributed by atoms with van der Waals surface area (Å²) in [5.41, 5.74) is 8.47. The van der Waals surface area contributed by atoms with Gasteiger partial charge < -0.3 is 15.8 Å². The van der Waals surface area contributed by atoms with Crippen LogP contribution in [-0.4, -0.2) is 17.9 Å². The van der Waals surface area contributed by atoms with Crippen LogP contribution in [0.25, 0.3) is 6.08 Å². The molecule has 0 amide bonds. The number of anilines is 3. The molecule has 0 aliphatic rings. The number of halogens is 1. The van der Waals surface area contributed by atoms with Crippen LogP contribution in [0.3, 0.4) is 0 Å². The van der Waals surface area contributed by atoms with E-state index >= 15 is 0 Å². The third kappa shape index (κ3) is 4.65. The predicted molar refractivity (Wildman–Crippen MR) is 110 cm³/mol. The van der Waals surface area contributed by atoms with Gasteiger partial charge in [-0.15, -0.1) is 0 Å². The van der Waals surface area contributed by atoms with Crippen molar-refractivity contribution in [3.8, 4) is 5.75 Å². The van der Waals surface area contributed by atoms with E-state index in [1.807, 2.05) is 18.2 Å². The topological polar surface area (TPSA) is 77.2 Å². The molecule has 0 radical (unpaired) electrons. The molecule has 6 heteroatoms. The predicted octanol–water partition coefficient (Wildman–Crippen LogP) is 4.97. The van der Waals surface area contributed by atoms with E-state index in [4.69, 9.17) is 22.1 Å². The molecule has 0 atom stereocenters. The number of methoxy groups -OCH3 is 1. The van der Waals surface area contributed by atoms with Crippen LogP contribution in [0.15, 0.2) is 66.9 Å². The smallest absolute Gasteiger partial charge is 0.189 e. The minimum Gasteiger partial charge on any atom is -0.495 e. The van der Waals surface area contributed by atoms with Crippen LogP contribution in [0.2, 0.25) is 5.02 Å². The molecule has 0 fully saturated rings. The molecule has 1 heterocycles. The van der Waals surface area contributed by atoms with Crippen LogP contribution in [0.4, 0.5) is 17.2 Å². The first-order valence-electron chi connectivity index (χ1n) is 8.20. The zero-order valence-electron chi connectivity index (χ0n) is 14.6. The highest BCUT2D eigenvalue weighted by Gasteiger charge is 2.10. The van der Waals surface area contributed by atoms with Gasteiger partial charge in [0, 0.05) is 16.9 Å². The molecular weight excluding hydrogens is 362 g/mol. The summed E-state index contributed by atoms with van der Waals surface area (Å²) in [5.74, 6) is 0.901. The second-order valence-corrected chi connectivity index (χ2v) is 6.17. The molecule has 0 saturated heterocycles. The zero-order chi connectivity index (χ0) is 19.2. The lowest BCUT2D eigenvalue weighted by molar-refractivity contribution is 0.104. The standard InChI is InChI=1S/C21H18ClN3O2/c1-27-20-11-5-14(13-18(20)23)4-10-19(26)17-3-2-12-24-21(17)25-16-8-6-15(22)7-9-16/h2-13H,23H2,1H3,(H,24,25). The number of ketones is 1. The number of nitrogens with zero attached hydrogens (tertiary/aromatic N) is 1. The Morgan fingerprint density at radius 3 is 2.67 bits per heavy atom. The van der Waals surface area contributed by atoms with E-state index in [1.54, 1.807) is 55.8 Å². The van der Waals surface area contributed by atoms with E-state index in [1.165, 1.54) is 6.08 Å². The Labute approximate surface area is 162 Å². The fraction of sp³-hybridized carbons (Fsp3) is 0.0476. The molecule has 0 spiro atoms. The van der Waals surface area contributed by atoms with Crippen molar-refractivity contribution in [2.45, 2.75) is 0 Å². The number of carbonyl (C=O) groups excluding carboxylic acids is 1. The van der Waals surface area contributed by atoms with Gasteiger partial charge in [-0.25, -0.2) is 4.98 Å². The van der Waals surface area contributed by atoms with Crippen molar-refractivity contribution in [2.24, 2.45) is 0 Å². The first-order chi connectivity index (χ1) is 13.1. The van der Waals surface area contributed by atoms with Crippen molar-refractivity contribution >= 4 is 40.7 Å². The van der Waals surface area contributed by atoms with Gasteiger partial charge in [0.05, 0.1) is 18.4 Å². The maximum Gasteiger partial charge on any atom is 0.189 e. The van der Waals surface area contributed by atoms with Gasteiger partial charge in [-0.1, -0.05) is 23.7 Å². The number of hydrogen-bond acceptors (Lipinski definition) is 5. The highest BCUT2D eigenvalue weighted by atomic mass is 35.5. The molecule has 0 aliphatic carbocycles. The van der Waals surface area contributed by atoms with Gasteiger partial charge in [0.2, 0.25) is 0 Å². The Hall–Kier alpha value is -3.31. The third-order valence-corrected chi connectivity index (χ3v) is 4.11. The number of ether oxygens (including phenoxy) is 1. The second kappa shape index (κ2) is 8.38. The largest absolute Gasteiger partial charge is 0.495 e. The molecule has 27 heavy (non-hydrogen) atoms. The summed E-state index contributed by atoms with van der Waals surface area (Å²) in [6.45, 7) is 0. The quantitative estimate of drug-likeness (QED) is 0.359. The number of benzene rings is 2. The maximum absolute atomic E-state index is 12.6. The van der Waals surface area contributed by atoms with Crippen molar-refractivity contribution in [1.82, 2.24) is 4.98 Å². The summed E-state index contributed by atoms with van der Waals surface area (Å²) < 4.78 is 5.13. The fourth-order valence-corrected chi connectivity index (χ4v) is 2.62. The number of nitrogen functional groups attached to an aromatic ring is 1. The van der Waals surface area contributed by atoms with Crippen molar-refractivity contribution < 1.29 is 9.53 Å². The van der Waals surface area contributed by atoms with Gasteiger partial charge in [0.1, 0.15) is 11.6 Å². The number of nitrogens with two attached hydrogens (primary N) is 1. The lowest BCUT2D eigenvalue weighted by atomic mass is 10.1. The number of pyridine rings is 1. The first-order valence-corrected chi connectivity index (χ1v) is 8.58. The normalized spacial score (nSPS) is 10.7. The van der Waals surface area contributed by atoms with Gasteiger partial charge in [0.25, 0.3) is 0 Å². The minimum atomic E-state index is -0.172. The van der Waals surface area contributed by atoms with Crippen LogP contribution >= 0.6 is 11.6 Å². The Balaban J connectivity index is 1.80. The van der Waals surface area contributed by atoms with Gasteiger partial charge >= 0.3 is 0 Å². The van der Waals surface area contributed by atoms with Gasteiger partial charge in [-0.3, -0.25) is 4.79 Å². The van der Waals surface area contributed by atoms with E-state index in [-0.39, 0.29) is 5.78 Å². The molecular formula is C21H18ClN3O2. The Morgan fingerprint density at radius 1 is 1.19 bits per heavy atom. The molecule has 136 valence electrons. The van der Waals surface area contributed by atoms with Crippen molar-refractivity contribution in [1.29, 1.82) is 0 Å². The summed E-state index contributed by atoms with van der Waals surface area (Å²) in [7, 11) is 1.56. The second-order valence-electron chi connectivity index (χ2n) is 5.73. The number of rotatable bonds is 6. The summed E-state index contributed by atoms with van der Waals surface area (Å²) >= 11 is 5.90. The molecule has 0 unspecified atom stereocenters. The summed E-state index contributed by atoms with van der Waals surface area (Å²) in [5, 5.41) is 3.78. The molecule has 3 aromatic rings. The number of hydrogen-bond donors (Lipinski definition) is 2. The zero-order valence-corrected chi connectivity index (χ0v) is 15.4. The van der Waals surface area contributed by atoms with Crippen LogP contribution in [0.5, 0.6) is 5.75 Å².